The maximum absolute atomic E-state index is 9.90. The molecule has 0 radical (unpaired) electrons. The third-order valence-electron chi connectivity index (χ3n) is 3.43. The van der Waals surface area contributed by atoms with E-state index < -0.39 is 5.60 Å². The Hall–Kier alpha value is -0.300. The van der Waals surface area contributed by atoms with E-state index >= 15 is 0 Å². The molecule has 1 heteroatoms. The van der Waals surface area contributed by atoms with E-state index in [-0.39, 0.29) is 0 Å². The van der Waals surface area contributed by atoms with Crippen molar-refractivity contribution < 1.29 is 5.11 Å². The van der Waals surface area contributed by atoms with Gasteiger partial charge in [0.05, 0.1) is 5.60 Å². The van der Waals surface area contributed by atoms with Crippen LogP contribution in [0.4, 0.5) is 0 Å². The molecule has 56 valence electrons. The molecule has 2 bridgehead atoms. The first-order valence-electron chi connectivity index (χ1n) is 4.03. The van der Waals surface area contributed by atoms with Crippen LogP contribution in [0.5, 0.6) is 0 Å². The maximum atomic E-state index is 9.90. The fourth-order valence-electron chi connectivity index (χ4n) is 2.30. The van der Waals surface area contributed by atoms with Crippen molar-refractivity contribution in [1.29, 1.82) is 0 Å². The van der Waals surface area contributed by atoms with Crippen molar-refractivity contribution in [3.05, 3.63) is 12.2 Å². The van der Waals surface area contributed by atoms with E-state index in [1.165, 1.54) is 6.42 Å². The van der Waals surface area contributed by atoms with Crippen LogP contribution in [-0.2, 0) is 0 Å². The van der Waals surface area contributed by atoms with Crippen molar-refractivity contribution >= 4 is 0 Å². The summed E-state index contributed by atoms with van der Waals surface area (Å²) in [5.74, 6) is 1.55. The largest absolute Gasteiger partial charge is 0.389 e. The number of fused-ring (bicyclic) bond motifs is 2. The summed E-state index contributed by atoms with van der Waals surface area (Å²) in [5.41, 5.74) is -0.417. The predicted molar refractivity (Wildman–Crippen MR) is 40.5 cm³/mol. The molecule has 0 spiro atoms. The van der Waals surface area contributed by atoms with E-state index in [0.29, 0.717) is 17.8 Å². The highest BCUT2D eigenvalue weighted by Crippen LogP contribution is 2.49. The van der Waals surface area contributed by atoms with Crippen molar-refractivity contribution in [3.63, 3.8) is 0 Å². The van der Waals surface area contributed by atoms with Crippen molar-refractivity contribution in [2.45, 2.75) is 25.9 Å². The van der Waals surface area contributed by atoms with Crippen LogP contribution in [0.3, 0.4) is 0 Å². The second kappa shape index (κ2) is 1.65. The Bertz CT molecular complexity index is 181. The van der Waals surface area contributed by atoms with E-state index in [9.17, 15) is 5.11 Å². The minimum Gasteiger partial charge on any atom is -0.389 e. The molecule has 0 unspecified atom stereocenters. The Morgan fingerprint density at radius 1 is 1.50 bits per heavy atom. The molecular weight excluding hydrogens is 124 g/mol. The van der Waals surface area contributed by atoms with Crippen LogP contribution in [0.1, 0.15) is 20.3 Å². The van der Waals surface area contributed by atoms with Crippen LogP contribution in [0.15, 0.2) is 12.2 Å². The zero-order valence-electron chi connectivity index (χ0n) is 6.54. The molecule has 4 atom stereocenters. The van der Waals surface area contributed by atoms with Gasteiger partial charge < -0.3 is 5.11 Å². The molecule has 1 fully saturated rings. The fourth-order valence-corrected chi connectivity index (χ4v) is 2.30. The highest BCUT2D eigenvalue weighted by molar-refractivity contribution is 5.17. The summed E-state index contributed by atoms with van der Waals surface area (Å²) < 4.78 is 0. The molecule has 0 saturated heterocycles. The zero-order chi connectivity index (χ0) is 7.35. The van der Waals surface area contributed by atoms with E-state index in [1.54, 1.807) is 0 Å². The lowest BCUT2D eigenvalue weighted by Crippen LogP contribution is -2.36. The number of aliphatic hydroxyl groups is 1. The highest BCUT2D eigenvalue weighted by atomic mass is 16.3. The van der Waals surface area contributed by atoms with Crippen LogP contribution in [0, 0.1) is 17.8 Å². The van der Waals surface area contributed by atoms with Crippen molar-refractivity contribution in [1.82, 2.24) is 0 Å². The fraction of sp³-hybridized carbons (Fsp3) is 0.778. The van der Waals surface area contributed by atoms with Crippen LogP contribution in [-0.4, -0.2) is 10.7 Å². The Morgan fingerprint density at radius 2 is 2.20 bits per heavy atom. The van der Waals surface area contributed by atoms with Crippen LogP contribution >= 0.6 is 0 Å². The topological polar surface area (TPSA) is 20.2 Å². The van der Waals surface area contributed by atoms with Gasteiger partial charge in [-0.25, -0.2) is 0 Å². The molecule has 1 nitrogen and oxygen atoms in total. The lowest BCUT2D eigenvalue weighted by atomic mass is 9.82. The normalized spacial score (nSPS) is 58.1. The van der Waals surface area contributed by atoms with Gasteiger partial charge in [0.2, 0.25) is 0 Å². The monoisotopic (exact) mass is 138 g/mol. The second-order valence-corrected chi connectivity index (χ2v) is 3.91. The second-order valence-electron chi connectivity index (χ2n) is 3.91. The molecule has 1 saturated carbocycles. The van der Waals surface area contributed by atoms with Gasteiger partial charge in [-0.15, -0.1) is 0 Å². The van der Waals surface area contributed by atoms with E-state index in [1.807, 2.05) is 6.92 Å². The molecule has 2 rings (SSSR count). The standard InChI is InChI=1S/C9H14O/c1-6-7-3-4-8(5-7)9(6,2)10/h3-4,6-8,10H,5H2,1-2H3/t6-,7+,8-,9+/m1/s1. The minimum absolute atomic E-state index is 0.417. The molecule has 0 amide bonds. The Kier molecular flexibility index (Phi) is 1.06. The van der Waals surface area contributed by atoms with Gasteiger partial charge in [0.25, 0.3) is 0 Å². The predicted octanol–water partition coefficient (Wildman–Crippen LogP) is 1.58. The van der Waals surface area contributed by atoms with Gasteiger partial charge in [-0.1, -0.05) is 19.1 Å². The van der Waals surface area contributed by atoms with E-state index in [2.05, 4.69) is 19.1 Å². The number of rotatable bonds is 0. The lowest BCUT2D eigenvalue weighted by Gasteiger charge is -2.31. The Balaban J connectivity index is 2.35. The summed E-state index contributed by atoms with van der Waals surface area (Å²) in [4.78, 5) is 0. The molecule has 0 aromatic rings. The number of hydrogen-bond acceptors (Lipinski definition) is 1. The summed E-state index contributed by atoms with van der Waals surface area (Å²) in [6.45, 7) is 4.11. The quantitative estimate of drug-likeness (QED) is 0.504. The Morgan fingerprint density at radius 3 is 2.50 bits per heavy atom. The average molecular weight is 138 g/mol. The van der Waals surface area contributed by atoms with Crippen LogP contribution in [0.25, 0.3) is 0 Å². The molecule has 1 N–H and O–H groups in total. The number of allylic oxidation sites excluding steroid dienone is 1. The molecule has 0 aromatic carbocycles. The molecule has 2 aliphatic rings. The Labute approximate surface area is 61.8 Å². The first-order chi connectivity index (χ1) is 4.62. The molecule has 0 aliphatic heterocycles. The first kappa shape index (κ1) is 6.41. The average Bonchev–Trinajstić information content (AvgIpc) is 2.37. The maximum Gasteiger partial charge on any atom is 0.0713 e. The molecular formula is C9H14O. The molecule has 2 aliphatic carbocycles. The van der Waals surface area contributed by atoms with Gasteiger partial charge in [-0.3, -0.25) is 0 Å². The van der Waals surface area contributed by atoms with Crippen LogP contribution < -0.4 is 0 Å². The SMILES string of the molecule is C[C@@H]1[C@H]2C=C[C@H](C2)[C@@]1(C)O. The van der Waals surface area contributed by atoms with Crippen molar-refractivity contribution in [2.75, 3.05) is 0 Å². The number of hydrogen-bond donors (Lipinski definition) is 1. The molecule has 0 aromatic heterocycles. The van der Waals surface area contributed by atoms with Gasteiger partial charge in [-0.2, -0.15) is 0 Å². The van der Waals surface area contributed by atoms with Gasteiger partial charge in [0, 0.05) is 5.92 Å². The zero-order valence-corrected chi connectivity index (χ0v) is 6.54. The summed E-state index contributed by atoms with van der Waals surface area (Å²) in [6.07, 6.45) is 5.60. The highest BCUT2D eigenvalue weighted by Gasteiger charge is 2.49. The summed E-state index contributed by atoms with van der Waals surface area (Å²) in [5, 5.41) is 9.90. The van der Waals surface area contributed by atoms with Gasteiger partial charge in [0.1, 0.15) is 0 Å². The van der Waals surface area contributed by atoms with E-state index in [4.69, 9.17) is 0 Å². The molecule has 10 heavy (non-hydrogen) atoms. The summed E-state index contributed by atoms with van der Waals surface area (Å²) in [7, 11) is 0. The minimum atomic E-state index is -0.417. The van der Waals surface area contributed by atoms with Crippen molar-refractivity contribution in [3.8, 4) is 0 Å². The van der Waals surface area contributed by atoms with Gasteiger partial charge in [-0.05, 0) is 25.2 Å². The summed E-state index contributed by atoms with van der Waals surface area (Å²) >= 11 is 0. The smallest absolute Gasteiger partial charge is 0.0713 e. The van der Waals surface area contributed by atoms with Gasteiger partial charge >= 0.3 is 0 Å². The third kappa shape index (κ3) is 0.567. The summed E-state index contributed by atoms with van der Waals surface area (Å²) in [6, 6.07) is 0. The third-order valence-corrected chi connectivity index (χ3v) is 3.43. The lowest BCUT2D eigenvalue weighted by molar-refractivity contribution is -0.00586. The van der Waals surface area contributed by atoms with Gasteiger partial charge in [0.15, 0.2) is 0 Å². The van der Waals surface area contributed by atoms with Crippen LogP contribution in [0.2, 0.25) is 0 Å². The van der Waals surface area contributed by atoms with Crippen molar-refractivity contribution in [2.24, 2.45) is 17.8 Å². The molecule has 0 heterocycles. The first-order valence-corrected chi connectivity index (χ1v) is 4.03. The van der Waals surface area contributed by atoms with E-state index in [0.717, 1.165) is 0 Å².